The summed E-state index contributed by atoms with van der Waals surface area (Å²) in [5, 5.41) is 0. The lowest BCUT2D eigenvalue weighted by Crippen LogP contribution is -2.41. The highest BCUT2D eigenvalue weighted by Crippen LogP contribution is 2.26. The van der Waals surface area contributed by atoms with Crippen LogP contribution in [0, 0.1) is 0 Å². The Balaban J connectivity index is 3.13. The van der Waals surface area contributed by atoms with Crippen LogP contribution in [0.2, 0.25) is 0 Å². The highest BCUT2D eigenvalue weighted by molar-refractivity contribution is 5.97. The number of carbonyl (C=O) groups excluding carboxylic acids is 1. The molecule has 20 heavy (non-hydrogen) atoms. The van der Waals surface area contributed by atoms with E-state index in [-0.39, 0.29) is 6.04 Å². The first-order chi connectivity index (χ1) is 9.42. The van der Waals surface area contributed by atoms with Crippen LogP contribution < -0.4 is 10.6 Å². The summed E-state index contributed by atoms with van der Waals surface area (Å²) in [5.74, 6) is 0.187. The molecule has 0 bridgehead atoms. The number of hydrogen-bond donors (Lipinski definition) is 1. The van der Waals surface area contributed by atoms with E-state index in [1.807, 2.05) is 21.0 Å². The number of nitrogen functional groups attached to an aromatic ring is 1. The van der Waals surface area contributed by atoms with Gasteiger partial charge in [-0.05, 0) is 34.0 Å². The summed E-state index contributed by atoms with van der Waals surface area (Å²) >= 11 is 0. The van der Waals surface area contributed by atoms with Gasteiger partial charge in [-0.25, -0.2) is 9.78 Å². The third kappa shape index (κ3) is 3.60. The third-order valence-electron chi connectivity index (χ3n) is 3.15. The molecule has 0 aliphatic heterocycles. The first-order valence-electron chi connectivity index (χ1n) is 6.66. The van der Waals surface area contributed by atoms with E-state index in [2.05, 4.69) is 21.7 Å². The van der Waals surface area contributed by atoms with Crippen molar-refractivity contribution in [1.82, 2.24) is 9.88 Å². The molecule has 0 aliphatic rings. The number of methoxy groups -OCH3 is 1. The average Bonchev–Trinajstić information content (AvgIpc) is 2.39. The molecular weight excluding hydrogens is 256 g/mol. The fraction of sp³-hybridized carbons (Fsp3) is 0.571. The minimum Gasteiger partial charge on any atom is -0.465 e. The van der Waals surface area contributed by atoms with E-state index in [1.165, 1.54) is 7.11 Å². The molecule has 0 radical (unpaired) electrons. The second-order valence-electron chi connectivity index (χ2n) is 4.98. The Labute approximate surface area is 120 Å². The number of carbonyl (C=O) groups is 1. The Hall–Kier alpha value is -1.82. The Morgan fingerprint density at radius 3 is 2.65 bits per heavy atom. The van der Waals surface area contributed by atoms with Crippen LogP contribution in [-0.2, 0) is 4.74 Å². The quantitative estimate of drug-likeness (QED) is 0.790. The zero-order valence-electron chi connectivity index (χ0n) is 12.9. The monoisotopic (exact) mass is 280 g/mol. The molecule has 0 saturated heterocycles. The lowest BCUT2D eigenvalue weighted by atomic mass is 10.2. The van der Waals surface area contributed by atoms with Crippen molar-refractivity contribution < 1.29 is 9.53 Å². The van der Waals surface area contributed by atoms with E-state index >= 15 is 0 Å². The molecular formula is C14H24N4O2. The Kier molecular flexibility index (Phi) is 5.76. The fourth-order valence-electron chi connectivity index (χ4n) is 2.28. The van der Waals surface area contributed by atoms with Crippen LogP contribution in [0.25, 0.3) is 0 Å². The number of aromatic nitrogens is 1. The first-order valence-corrected chi connectivity index (χ1v) is 6.66. The van der Waals surface area contributed by atoms with Gasteiger partial charge in [0.15, 0.2) is 5.82 Å². The maximum Gasteiger partial charge on any atom is 0.340 e. The van der Waals surface area contributed by atoms with Crippen LogP contribution in [0.4, 0.5) is 11.5 Å². The molecule has 0 saturated carbocycles. The highest BCUT2D eigenvalue weighted by Gasteiger charge is 2.21. The van der Waals surface area contributed by atoms with Crippen molar-refractivity contribution in [3.05, 3.63) is 17.8 Å². The number of ether oxygens (including phenoxy) is 1. The van der Waals surface area contributed by atoms with Crippen LogP contribution >= 0.6 is 0 Å². The van der Waals surface area contributed by atoms with Gasteiger partial charge in [0, 0.05) is 25.3 Å². The van der Waals surface area contributed by atoms with Crippen LogP contribution in [0.1, 0.15) is 24.2 Å². The minimum absolute atomic E-state index is 0.234. The Morgan fingerprint density at radius 1 is 1.50 bits per heavy atom. The number of nitrogens with zero attached hydrogens (tertiary/aromatic N) is 3. The molecule has 2 N–H and O–H groups in total. The highest BCUT2D eigenvalue weighted by atomic mass is 16.5. The van der Waals surface area contributed by atoms with E-state index in [9.17, 15) is 4.79 Å². The molecule has 6 nitrogen and oxygen atoms in total. The summed E-state index contributed by atoms with van der Waals surface area (Å²) in [6.45, 7) is 5.78. The molecule has 1 aromatic rings. The lowest BCUT2D eigenvalue weighted by Gasteiger charge is -2.32. The summed E-state index contributed by atoms with van der Waals surface area (Å²) < 4.78 is 4.74. The Morgan fingerprint density at radius 2 is 2.15 bits per heavy atom. The first kappa shape index (κ1) is 16.2. The largest absolute Gasteiger partial charge is 0.465 e. The fourth-order valence-corrected chi connectivity index (χ4v) is 2.28. The number of likely N-dealkylation sites (N-methyl/N-ethyl adjacent to an activating group) is 2. The number of nitrogens with two attached hydrogens (primary N) is 1. The average molecular weight is 280 g/mol. The van der Waals surface area contributed by atoms with E-state index < -0.39 is 5.97 Å². The predicted molar refractivity (Wildman–Crippen MR) is 81.0 cm³/mol. The standard InChI is InChI=1S/C14H24N4O2/c1-6-18(10(2)9-17(3)4)13-12(15)11(7-8-16-13)14(19)20-5/h7-8,10H,6,9,15H2,1-5H3. The van der Waals surface area contributed by atoms with Gasteiger partial charge in [0.25, 0.3) is 0 Å². The molecule has 1 atom stereocenters. The van der Waals surface area contributed by atoms with Gasteiger partial charge in [-0.2, -0.15) is 0 Å². The van der Waals surface area contributed by atoms with Crippen molar-refractivity contribution in [2.24, 2.45) is 0 Å². The second kappa shape index (κ2) is 7.09. The number of rotatable bonds is 6. The maximum atomic E-state index is 11.7. The van der Waals surface area contributed by atoms with Crippen LogP contribution in [0.3, 0.4) is 0 Å². The molecule has 0 fully saturated rings. The number of esters is 1. The number of hydrogen-bond acceptors (Lipinski definition) is 6. The topological polar surface area (TPSA) is 71.7 Å². The molecule has 112 valence electrons. The summed E-state index contributed by atoms with van der Waals surface area (Å²) in [4.78, 5) is 20.2. The van der Waals surface area contributed by atoms with Crippen molar-refractivity contribution in [2.45, 2.75) is 19.9 Å². The van der Waals surface area contributed by atoms with Crippen LogP contribution in [-0.4, -0.2) is 56.2 Å². The van der Waals surface area contributed by atoms with Crippen LogP contribution in [0.5, 0.6) is 0 Å². The Bertz CT molecular complexity index is 462. The predicted octanol–water partition coefficient (Wildman–Crippen LogP) is 1.23. The van der Waals surface area contributed by atoms with E-state index in [4.69, 9.17) is 10.5 Å². The number of anilines is 2. The maximum absolute atomic E-state index is 11.7. The smallest absolute Gasteiger partial charge is 0.340 e. The van der Waals surface area contributed by atoms with Crippen molar-refractivity contribution in [1.29, 1.82) is 0 Å². The van der Waals surface area contributed by atoms with Crippen molar-refractivity contribution in [3.63, 3.8) is 0 Å². The van der Waals surface area contributed by atoms with Crippen molar-refractivity contribution in [3.8, 4) is 0 Å². The van der Waals surface area contributed by atoms with E-state index in [1.54, 1.807) is 12.3 Å². The van der Waals surface area contributed by atoms with Gasteiger partial charge < -0.3 is 20.3 Å². The minimum atomic E-state index is -0.442. The molecule has 1 heterocycles. The van der Waals surface area contributed by atoms with Crippen molar-refractivity contribution in [2.75, 3.05) is 44.9 Å². The molecule has 0 aliphatic carbocycles. The van der Waals surface area contributed by atoms with E-state index in [0.29, 0.717) is 17.1 Å². The molecule has 0 amide bonds. The third-order valence-corrected chi connectivity index (χ3v) is 3.15. The lowest BCUT2D eigenvalue weighted by molar-refractivity contribution is 0.0602. The molecule has 1 unspecified atom stereocenters. The van der Waals surface area contributed by atoms with Gasteiger partial charge in [-0.3, -0.25) is 0 Å². The zero-order chi connectivity index (χ0) is 15.3. The molecule has 0 spiro atoms. The SMILES string of the molecule is CCN(c1nccc(C(=O)OC)c1N)C(C)CN(C)C. The van der Waals surface area contributed by atoms with Gasteiger partial charge in [0.1, 0.15) is 0 Å². The molecule has 6 heteroatoms. The summed E-state index contributed by atoms with van der Waals surface area (Å²) in [7, 11) is 5.38. The summed E-state index contributed by atoms with van der Waals surface area (Å²) in [6, 6.07) is 1.81. The van der Waals surface area contributed by atoms with E-state index in [0.717, 1.165) is 13.1 Å². The zero-order valence-corrected chi connectivity index (χ0v) is 12.9. The van der Waals surface area contributed by atoms with Gasteiger partial charge >= 0.3 is 5.97 Å². The molecule has 1 aromatic heterocycles. The van der Waals surface area contributed by atoms with Crippen molar-refractivity contribution >= 4 is 17.5 Å². The molecule has 0 aromatic carbocycles. The van der Waals surface area contributed by atoms with Crippen LogP contribution in [0.15, 0.2) is 12.3 Å². The van der Waals surface area contributed by atoms with Gasteiger partial charge in [-0.15, -0.1) is 0 Å². The second-order valence-corrected chi connectivity index (χ2v) is 4.98. The summed E-state index contributed by atoms with van der Waals surface area (Å²) in [6.07, 6.45) is 1.59. The summed E-state index contributed by atoms with van der Waals surface area (Å²) in [5.41, 5.74) is 6.81. The van der Waals surface area contributed by atoms with Gasteiger partial charge in [0.05, 0.1) is 18.4 Å². The normalized spacial score (nSPS) is 12.3. The molecule has 1 rings (SSSR count). The van der Waals surface area contributed by atoms with Gasteiger partial charge in [0.2, 0.25) is 0 Å². The number of pyridine rings is 1. The van der Waals surface area contributed by atoms with Gasteiger partial charge in [-0.1, -0.05) is 0 Å².